The maximum Gasteiger partial charge on any atom is 0.159 e. The van der Waals surface area contributed by atoms with Crippen molar-refractivity contribution in [3.05, 3.63) is 34.9 Å². The van der Waals surface area contributed by atoms with Gasteiger partial charge in [-0.3, -0.25) is 4.99 Å². The third-order valence-electron chi connectivity index (χ3n) is 6.24. The number of rotatable bonds is 1. The second kappa shape index (κ2) is 6.10. The molecule has 4 rings (SSSR count). The number of hydrogen-bond acceptors (Lipinski definition) is 4. The van der Waals surface area contributed by atoms with Crippen LogP contribution in [-0.4, -0.2) is 30.7 Å². The number of sulfone groups is 1. The summed E-state index contributed by atoms with van der Waals surface area (Å²) in [6, 6.07) is 9.39. The van der Waals surface area contributed by atoms with E-state index in [-0.39, 0.29) is 23.1 Å². The third kappa shape index (κ3) is 2.53. The van der Waals surface area contributed by atoms with Gasteiger partial charge in [-0.15, -0.1) is 0 Å². The molecule has 6 unspecified atom stereocenters. The van der Waals surface area contributed by atoms with E-state index in [9.17, 15) is 13.7 Å². The van der Waals surface area contributed by atoms with Crippen molar-refractivity contribution in [2.75, 3.05) is 0 Å². The van der Waals surface area contributed by atoms with Crippen molar-refractivity contribution >= 4 is 27.1 Å². The first-order valence-corrected chi connectivity index (χ1v) is 10.9. The van der Waals surface area contributed by atoms with Gasteiger partial charge in [-0.25, -0.2) is 8.42 Å². The average molecular weight is 377 g/mol. The zero-order valence-electron chi connectivity index (χ0n) is 14.1. The van der Waals surface area contributed by atoms with E-state index in [1.165, 1.54) is 0 Å². The molecule has 1 saturated carbocycles. The predicted octanol–water partition coefficient (Wildman–Crippen LogP) is 3.76. The van der Waals surface area contributed by atoms with Crippen molar-refractivity contribution in [2.24, 2.45) is 16.8 Å². The van der Waals surface area contributed by atoms with E-state index >= 15 is 0 Å². The second-order valence-electron chi connectivity index (χ2n) is 7.49. The summed E-state index contributed by atoms with van der Waals surface area (Å²) < 4.78 is 26.8. The highest BCUT2D eigenvalue weighted by molar-refractivity contribution is 7.93. The molecule has 0 aromatic heterocycles. The first-order valence-electron chi connectivity index (χ1n) is 8.87. The molecule has 2 heterocycles. The summed E-state index contributed by atoms with van der Waals surface area (Å²) >= 11 is 6.01. The topological polar surface area (TPSA) is 70.3 Å². The van der Waals surface area contributed by atoms with Crippen LogP contribution in [0.15, 0.2) is 29.3 Å². The van der Waals surface area contributed by atoms with E-state index in [4.69, 9.17) is 16.6 Å². The predicted molar refractivity (Wildman–Crippen MR) is 98.6 cm³/mol. The normalized spacial score (nSPS) is 39.0. The Hall–Kier alpha value is -1.38. The van der Waals surface area contributed by atoms with Crippen LogP contribution in [0, 0.1) is 23.2 Å². The molecular formula is C19H21ClN2O2S. The quantitative estimate of drug-likeness (QED) is 0.749. The Balaban J connectivity index is 1.88. The summed E-state index contributed by atoms with van der Waals surface area (Å²) in [5.41, 5.74) is 1.65. The van der Waals surface area contributed by atoms with Crippen LogP contribution in [0.4, 0.5) is 0 Å². The van der Waals surface area contributed by atoms with Crippen molar-refractivity contribution < 1.29 is 8.42 Å². The zero-order valence-corrected chi connectivity index (χ0v) is 15.7. The number of halogens is 1. The van der Waals surface area contributed by atoms with Crippen LogP contribution in [0.2, 0.25) is 5.02 Å². The molecule has 1 aliphatic carbocycles. The van der Waals surface area contributed by atoms with Gasteiger partial charge in [-0.2, -0.15) is 5.26 Å². The minimum atomic E-state index is -3.31. The van der Waals surface area contributed by atoms with Gasteiger partial charge in [0.15, 0.2) is 9.84 Å². The first-order chi connectivity index (χ1) is 11.9. The molecular weight excluding hydrogens is 356 g/mol. The molecule has 2 fully saturated rings. The lowest BCUT2D eigenvalue weighted by Crippen LogP contribution is -2.43. The number of hydrogen-bond donors (Lipinski definition) is 0. The molecule has 132 valence electrons. The van der Waals surface area contributed by atoms with Gasteiger partial charge in [0, 0.05) is 16.7 Å². The van der Waals surface area contributed by atoms with Gasteiger partial charge in [-0.05, 0) is 43.4 Å². The van der Waals surface area contributed by atoms with Crippen LogP contribution in [0.5, 0.6) is 0 Å². The Morgan fingerprint density at radius 2 is 1.88 bits per heavy atom. The number of nitrogens with zero attached hydrogens (tertiary/aromatic N) is 2. The maximum absolute atomic E-state index is 13.4. The number of fused-ring (bicyclic) bond motifs is 3. The molecule has 6 atom stereocenters. The van der Waals surface area contributed by atoms with Crippen molar-refractivity contribution in [2.45, 2.75) is 55.1 Å². The highest BCUT2D eigenvalue weighted by atomic mass is 35.5. The van der Waals surface area contributed by atoms with Gasteiger partial charge in [0.25, 0.3) is 0 Å². The van der Waals surface area contributed by atoms with E-state index in [1.54, 1.807) is 12.1 Å². The molecule has 0 N–H and O–H groups in total. The van der Waals surface area contributed by atoms with E-state index in [0.717, 1.165) is 37.0 Å². The largest absolute Gasteiger partial charge is 0.288 e. The van der Waals surface area contributed by atoms with Crippen molar-refractivity contribution in [1.29, 1.82) is 5.26 Å². The first kappa shape index (κ1) is 17.1. The molecule has 6 heteroatoms. The summed E-state index contributed by atoms with van der Waals surface area (Å²) in [5, 5.41) is 9.47. The zero-order chi connectivity index (χ0) is 17.8. The molecule has 4 nitrogen and oxygen atoms in total. The van der Waals surface area contributed by atoms with Crippen molar-refractivity contribution in [1.82, 2.24) is 0 Å². The molecule has 2 aliphatic heterocycles. The Bertz CT molecular complexity index is 856. The number of benzene rings is 1. The van der Waals surface area contributed by atoms with Crippen LogP contribution in [0.25, 0.3) is 0 Å². The highest BCUT2D eigenvalue weighted by Crippen LogP contribution is 2.52. The van der Waals surface area contributed by atoms with E-state index in [2.05, 4.69) is 6.07 Å². The van der Waals surface area contributed by atoms with Gasteiger partial charge >= 0.3 is 0 Å². The van der Waals surface area contributed by atoms with Crippen LogP contribution in [0.3, 0.4) is 0 Å². The van der Waals surface area contributed by atoms with E-state index < -0.39 is 21.0 Å². The van der Waals surface area contributed by atoms with Crippen LogP contribution in [-0.2, 0) is 9.84 Å². The van der Waals surface area contributed by atoms with E-state index in [1.807, 2.05) is 19.1 Å². The Morgan fingerprint density at radius 3 is 2.56 bits per heavy atom. The lowest BCUT2D eigenvalue weighted by atomic mass is 9.72. The summed E-state index contributed by atoms with van der Waals surface area (Å²) in [5.74, 6) is -0.758. The SMILES string of the molecule is CC1=NC2C3CCCCC3S(=O)(=O)C2C(c2ccc(Cl)cc2)C1C#N. The Labute approximate surface area is 153 Å². The summed E-state index contributed by atoms with van der Waals surface area (Å²) in [6.45, 7) is 1.87. The average Bonchev–Trinajstić information content (AvgIpc) is 2.82. The molecule has 0 bridgehead atoms. The molecule has 0 amide bonds. The van der Waals surface area contributed by atoms with Crippen molar-refractivity contribution in [3.63, 3.8) is 0 Å². The highest BCUT2D eigenvalue weighted by Gasteiger charge is 2.60. The van der Waals surface area contributed by atoms with Gasteiger partial charge < -0.3 is 0 Å². The monoisotopic (exact) mass is 376 g/mol. The lowest BCUT2D eigenvalue weighted by Gasteiger charge is -2.36. The third-order valence-corrected chi connectivity index (χ3v) is 9.25. The van der Waals surface area contributed by atoms with Gasteiger partial charge in [-0.1, -0.05) is 36.6 Å². The fraction of sp³-hybridized carbons (Fsp3) is 0.579. The lowest BCUT2D eigenvalue weighted by molar-refractivity contribution is 0.312. The van der Waals surface area contributed by atoms with Crippen molar-refractivity contribution in [3.8, 4) is 6.07 Å². The molecule has 0 radical (unpaired) electrons. The molecule has 1 aromatic carbocycles. The fourth-order valence-corrected chi connectivity index (χ4v) is 8.34. The number of nitriles is 1. The molecule has 0 spiro atoms. The molecule has 1 saturated heterocycles. The minimum Gasteiger partial charge on any atom is -0.288 e. The van der Waals surface area contributed by atoms with Crippen LogP contribution >= 0.6 is 11.6 Å². The van der Waals surface area contributed by atoms with Gasteiger partial charge in [0.05, 0.1) is 28.5 Å². The van der Waals surface area contributed by atoms with Gasteiger partial charge in [0.2, 0.25) is 0 Å². The summed E-state index contributed by atoms with van der Waals surface area (Å²) in [7, 11) is -3.31. The number of aliphatic imine (C=N–C) groups is 1. The van der Waals surface area contributed by atoms with Gasteiger partial charge in [0.1, 0.15) is 0 Å². The Kier molecular flexibility index (Phi) is 4.16. The van der Waals surface area contributed by atoms with Crippen LogP contribution < -0.4 is 0 Å². The second-order valence-corrected chi connectivity index (χ2v) is 10.2. The smallest absolute Gasteiger partial charge is 0.159 e. The fourth-order valence-electron chi connectivity index (χ4n) is 5.16. The standard InChI is InChI=1S/C19H21ClN2O2S/c1-11-15(10-21)17(12-6-8-13(20)9-7-12)19-18(22-11)14-4-2-3-5-16(14)25(19,23)24/h6-9,14-19H,2-5H2,1H3. The molecule has 1 aromatic rings. The maximum atomic E-state index is 13.4. The summed E-state index contributed by atoms with van der Waals surface area (Å²) in [4.78, 5) is 4.76. The van der Waals surface area contributed by atoms with E-state index in [0.29, 0.717) is 5.02 Å². The minimum absolute atomic E-state index is 0.105. The molecule has 25 heavy (non-hydrogen) atoms. The molecule has 3 aliphatic rings. The Morgan fingerprint density at radius 1 is 1.20 bits per heavy atom. The van der Waals surface area contributed by atoms with Crippen LogP contribution in [0.1, 0.15) is 44.1 Å². The summed E-state index contributed by atoms with van der Waals surface area (Å²) in [6.07, 6.45) is 3.70.